The number of nitrogens with one attached hydrogen (secondary N) is 2. The number of rotatable bonds is 7. The number of benzene rings is 2. The molecule has 194 valence electrons. The molecule has 9 nitrogen and oxygen atoms in total. The van der Waals surface area contributed by atoms with E-state index in [-0.39, 0.29) is 52.2 Å². The van der Waals surface area contributed by atoms with Crippen molar-refractivity contribution in [2.24, 2.45) is 0 Å². The number of hydrogen-bond acceptors (Lipinski definition) is 8. The van der Waals surface area contributed by atoms with Gasteiger partial charge in [-0.25, -0.2) is 14.4 Å². The number of halogens is 2. The zero-order chi connectivity index (χ0) is 26.2. The molecule has 0 amide bonds. The highest BCUT2D eigenvalue weighted by Gasteiger charge is 2.25. The van der Waals surface area contributed by atoms with Crippen molar-refractivity contribution in [2.75, 3.05) is 18.5 Å². The van der Waals surface area contributed by atoms with Crippen LogP contribution in [0.5, 0.6) is 11.5 Å². The minimum absolute atomic E-state index is 0.0149. The molecule has 5 aromatic rings. The monoisotopic (exact) mass is 536 g/mol. The Balaban J connectivity index is 1.27. The quantitative estimate of drug-likeness (QED) is 0.234. The average molecular weight is 537 g/mol. The highest BCUT2D eigenvalue weighted by atomic mass is 35.5. The molecular formula is C27H22ClFN4O5. The number of aliphatic hydroxyl groups excluding tert-OH is 1. The molecule has 1 saturated heterocycles. The van der Waals surface area contributed by atoms with Gasteiger partial charge in [0.25, 0.3) is 0 Å². The van der Waals surface area contributed by atoms with E-state index >= 15 is 0 Å². The number of carbonyl (C=O) groups excluding carboxylic acids is 1. The zero-order valence-corrected chi connectivity index (χ0v) is 20.7. The van der Waals surface area contributed by atoms with Gasteiger partial charge in [-0.3, -0.25) is 4.79 Å². The lowest BCUT2D eigenvalue weighted by atomic mass is 10.0. The predicted octanol–water partition coefficient (Wildman–Crippen LogP) is 5.47. The molecule has 4 heterocycles. The Hall–Kier alpha value is -3.99. The minimum Gasteiger partial charge on any atom is -0.460 e. The van der Waals surface area contributed by atoms with E-state index in [9.17, 15) is 14.3 Å². The molecule has 3 N–H and O–H groups in total. The number of ether oxygens (including phenoxy) is 2. The van der Waals surface area contributed by atoms with E-state index in [2.05, 4.69) is 20.3 Å². The van der Waals surface area contributed by atoms with Crippen molar-refractivity contribution in [3.63, 3.8) is 0 Å². The third-order valence-corrected chi connectivity index (χ3v) is 6.87. The van der Waals surface area contributed by atoms with E-state index in [4.69, 9.17) is 25.5 Å². The Kier molecular flexibility index (Phi) is 6.44. The molecule has 2 aromatic carbocycles. The Morgan fingerprint density at radius 1 is 1.21 bits per heavy atom. The van der Waals surface area contributed by atoms with Crippen LogP contribution in [0.25, 0.3) is 22.0 Å². The maximum atomic E-state index is 14.5. The fourth-order valence-electron chi connectivity index (χ4n) is 4.59. The second kappa shape index (κ2) is 10.1. The topological polar surface area (TPSA) is 123 Å². The SMILES string of the molecule is O=C(c1ccc(Oc2c(F)ccc3ccoc23)cc1Cl)c1c[nH]c2ncnc(N[C@@H]3CC[C@@H](CO)OC3)c12. The van der Waals surface area contributed by atoms with E-state index in [1.807, 2.05) is 0 Å². The minimum atomic E-state index is -0.585. The summed E-state index contributed by atoms with van der Waals surface area (Å²) < 4.78 is 31.2. The number of H-pyrrole nitrogens is 1. The molecule has 11 heteroatoms. The molecule has 1 aliphatic rings. The van der Waals surface area contributed by atoms with Crippen molar-refractivity contribution >= 4 is 45.2 Å². The zero-order valence-electron chi connectivity index (χ0n) is 19.9. The number of anilines is 1. The number of nitrogens with zero attached hydrogens (tertiary/aromatic N) is 2. The van der Waals surface area contributed by atoms with Crippen LogP contribution in [0.4, 0.5) is 10.2 Å². The lowest BCUT2D eigenvalue weighted by Crippen LogP contribution is -2.36. The summed E-state index contributed by atoms with van der Waals surface area (Å²) in [6.07, 6.45) is 5.76. The number of hydrogen-bond donors (Lipinski definition) is 3. The van der Waals surface area contributed by atoms with E-state index in [1.165, 1.54) is 30.8 Å². The van der Waals surface area contributed by atoms with Crippen LogP contribution in [-0.4, -0.2) is 51.2 Å². The van der Waals surface area contributed by atoms with Crippen molar-refractivity contribution in [3.05, 3.63) is 77.2 Å². The fraction of sp³-hybridized carbons (Fsp3) is 0.222. The summed E-state index contributed by atoms with van der Waals surface area (Å²) in [7, 11) is 0. The standard InChI is InChI=1S/C27H22ClFN4O5/c28-20-9-16(38-25-21(29)6-1-14-7-8-36-24(14)25)4-5-18(20)23(35)19-10-30-26-22(19)27(32-13-31-26)33-15-2-3-17(11-34)37-12-15/h1,4-10,13,15,17,34H,2-3,11-12H2,(H2,30,31,32,33)/t15-,17+/m1/s1. The van der Waals surface area contributed by atoms with Crippen LogP contribution in [-0.2, 0) is 4.74 Å². The first kappa shape index (κ1) is 24.4. The lowest BCUT2D eigenvalue weighted by Gasteiger charge is -2.29. The lowest BCUT2D eigenvalue weighted by molar-refractivity contribution is -0.0224. The number of furan rings is 1. The summed E-state index contributed by atoms with van der Waals surface area (Å²) in [5.41, 5.74) is 1.34. The van der Waals surface area contributed by atoms with Gasteiger partial charge in [0.15, 0.2) is 17.2 Å². The molecule has 6 rings (SSSR count). The first-order valence-electron chi connectivity index (χ1n) is 12.0. The van der Waals surface area contributed by atoms with Gasteiger partial charge >= 0.3 is 0 Å². The molecule has 2 atom stereocenters. The van der Waals surface area contributed by atoms with Gasteiger partial charge in [-0.15, -0.1) is 0 Å². The van der Waals surface area contributed by atoms with Crippen LogP contribution in [0.15, 0.2) is 59.6 Å². The van der Waals surface area contributed by atoms with Crippen molar-refractivity contribution in [1.82, 2.24) is 15.0 Å². The first-order valence-corrected chi connectivity index (χ1v) is 12.4. The maximum absolute atomic E-state index is 14.5. The molecule has 38 heavy (non-hydrogen) atoms. The van der Waals surface area contributed by atoms with E-state index in [1.54, 1.807) is 24.4 Å². The Bertz CT molecular complexity index is 1640. The van der Waals surface area contributed by atoms with Crippen molar-refractivity contribution in [3.8, 4) is 11.5 Å². The largest absolute Gasteiger partial charge is 0.460 e. The second-order valence-electron chi connectivity index (χ2n) is 8.99. The second-order valence-corrected chi connectivity index (χ2v) is 9.40. The number of aromatic nitrogens is 3. The summed E-state index contributed by atoms with van der Waals surface area (Å²) in [4.78, 5) is 25.2. The first-order chi connectivity index (χ1) is 18.5. The van der Waals surface area contributed by atoms with Gasteiger partial charge in [0.2, 0.25) is 5.75 Å². The maximum Gasteiger partial charge on any atom is 0.206 e. The highest BCUT2D eigenvalue weighted by molar-refractivity contribution is 6.35. The molecule has 0 radical (unpaired) electrons. The normalized spacial score (nSPS) is 17.7. The van der Waals surface area contributed by atoms with Gasteiger partial charge in [0.05, 0.1) is 47.6 Å². The number of ketones is 1. The van der Waals surface area contributed by atoms with Gasteiger partial charge in [0.1, 0.15) is 23.5 Å². The van der Waals surface area contributed by atoms with Crippen LogP contribution in [0.3, 0.4) is 0 Å². The molecular weight excluding hydrogens is 515 g/mol. The van der Waals surface area contributed by atoms with Crippen LogP contribution in [0, 0.1) is 5.82 Å². The fourth-order valence-corrected chi connectivity index (χ4v) is 4.85. The van der Waals surface area contributed by atoms with Gasteiger partial charge in [-0.1, -0.05) is 11.6 Å². The van der Waals surface area contributed by atoms with Crippen LogP contribution < -0.4 is 10.1 Å². The smallest absolute Gasteiger partial charge is 0.206 e. The number of aliphatic hydroxyl groups is 1. The van der Waals surface area contributed by atoms with Gasteiger partial charge in [0, 0.05) is 23.2 Å². The molecule has 0 spiro atoms. The summed E-state index contributed by atoms with van der Waals surface area (Å²) in [6, 6.07) is 9.09. The summed E-state index contributed by atoms with van der Waals surface area (Å²) in [5, 5.41) is 14.0. The van der Waals surface area contributed by atoms with Crippen LogP contribution in [0.2, 0.25) is 5.02 Å². The van der Waals surface area contributed by atoms with Crippen LogP contribution in [0.1, 0.15) is 28.8 Å². The Morgan fingerprint density at radius 3 is 2.89 bits per heavy atom. The molecule has 0 saturated carbocycles. The van der Waals surface area contributed by atoms with Crippen molar-refractivity contribution in [1.29, 1.82) is 0 Å². The van der Waals surface area contributed by atoms with Crippen LogP contribution >= 0.6 is 11.6 Å². The molecule has 1 fully saturated rings. The third kappa shape index (κ3) is 4.47. The Labute approximate surface area is 220 Å². The summed E-state index contributed by atoms with van der Waals surface area (Å²) in [6.45, 7) is 0.392. The molecule has 3 aromatic heterocycles. The molecule has 0 bridgehead atoms. The number of aromatic amines is 1. The third-order valence-electron chi connectivity index (χ3n) is 6.56. The predicted molar refractivity (Wildman–Crippen MR) is 138 cm³/mol. The number of fused-ring (bicyclic) bond motifs is 2. The summed E-state index contributed by atoms with van der Waals surface area (Å²) >= 11 is 6.51. The van der Waals surface area contributed by atoms with E-state index in [0.29, 0.717) is 40.8 Å². The molecule has 1 aliphatic heterocycles. The molecule has 0 unspecified atom stereocenters. The average Bonchev–Trinajstić information content (AvgIpc) is 3.59. The molecule has 0 aliphatic carbocycles. The summed E-state index contributed by atoms with van der Waals surface area (Å²) in [5.74, 6) is -0.252. The van der Waals surface area contributed by atoms with Crippen molar-refractivity contribution in [2.45, 2.75) is 25.0 Å². The van der Waals surface area contributed by atoms with Gasteiger partial charge in [-0.2, -0.15) is 0 Å². The van der Waals surface area contributed by atoms with E-state index < -0.39 is 5.82 Å². The Morgan fingerprint density at radius 2 is 2.11 bits per heavy atom. The van der Waals surface area contributed by atoms with E-state index in [0.717, 1.165) is 6.42 Å². The van der Waals surface area contributed by atoms with Crippen molar-refractivity contribution < 1.29 is 28.2 Å². The van der Waals surface area contributed by atoms with Gasteiger partial charge in [-0.05, 0) is 43.2 Å². The van der Waals surface area contributed by atoms with Gasteiger partial charge < -0.3 is 29.3 Å². The highest BCUT2D eigenvalue weighted by Crippen LogP contribution is 2.36. The number of carbonyl (C=O) groups is 1.